The summed E-state index contributed by atoms with van der Waals surface area (Å²) in [6.07, 6.45) is 0.993. The second-order valence-electron chi connectivity index (χ2n) is 5.42. The molecule has 0 aromatic heterocycles. The van der Waals surface area contributed by atoms with E-state index in [9.17, 15) is 0 Å². The van der Waals surface area contributed by atoms with Gasteiger partial charge in [0.05, 0.1) is 26.4 Å². The SMILES string of the molecule is CCCOc1cc(C)ccc1CNC(=NC)NCCOCCOC. The highest BCUT2D eigenvalue weighted by atomic mass is 16.5. The first-order chi connectivity index (χ1) is 11.7. The number of nitrogens with one attached hydrogen (secondary N) is 2. The van der Waals surface area contributed by atoms with Crippen LogP contribution < -0.4 is 15.4 Å². The van der Waals surface area contributed by atoms with Crippen LogP contribution >= 0.6 is 0 Å². The fourth-order valence-corrected chi connectivity index (χ4v) is 2.04. The number of guanidine groups is 1. The normalized spacial score (nSPS) is 11.4. The average Bonchev–Trinajstić information content (AvgIpc) is 2.59. The quantitative estimate of drug-likeness (QED) is 0.368. The van der Waals surface area contributed by atoms with Crippen molar-refractivity contribution in [1.29, 1.82) is 0 Å². The van der Waals surface area contributed by atoms with Gasteiger partial charge in [-0.05, 0) is 25.0 Å². The fraction of sp³-hybridized carbons (Fsp3) is 0.611. The van der Waals surface area contributed by atoms with Gasteiger partial charge in [-0.1, -0.05) is 19.1 Å². The lowest BCUT2D eigenvalue weighted by Crippen LogP contribution is -2.38. The molecule has 6 heteroatoms. The Labute approximate surface area is 145 Å². The van der Waals surface area contributed by atoms with E-state index in [4.69, 9.17) is 14.2 Å². The third-order valence-corrected chi connectivity index (χ3v) is 3.32. The highest BCUT2D eigenvalue weighted by Crippen LogP contribution is 2.20. The summed E-state index contributed by atoms with van der Waals surface area (Å²) in [5.74, 6) is 1.68. The lowest BCUT2D eigenvalue weighted by atomic mass is 10.1. The Kier molecular flexibility index (Phi) is 10.6. The summed E-state index contributed by atoms with van der Waals surface area (Å²) in [5.41, 5.74) is 2.31. The Morgan fingerprint density at radius 1 is 1.12 bits per heavy atom. The molecule has 0 aliphatic heterocycles. The number of aryl methyl sites for hydroxylation is 1. The molecule has 0 bridgehead atoms. The number of hydrogen-bond donors (Lipinski definition) is 2. The summed E-state index contributed by atoms with van der Waals surface area (Å²) in [6.45, 7) is 8.07. The van der Waals surface area contributed by atoms with Crippen LogP contribution in [0.3, 0.4) is 0 Å². The standard InChI is InChI=1S/C18H31N3O3/c1-5-9-24-17-13-15(2)6-7-16(17)14-21-18(19-3)20-8-10-23-12-11-22-4/h6-7,13H,5,8-12,14H2,1-4H3,(H2,19,20,21). The van der Waals surface area contributed by atoms with Crippen molar-refractivity contribution >= 4 is 5.96 Å². The number of rotatable bonds is 11. The van der Waals surface area contributed by atoms with Crippen LogP contribution in [-0.4, -0.2) is 53.1 Å². The smallest absolute Gasteiger partial charge is 0.191 e. The monoisotopic (exact) mass is 337 g/mol. The topological polar surface area (TPSA) is 64.1 Å². The second-order valence-corrected chi connectivity index (χ2v) is 5.42. The molecule has 0 aliphatic carbocycles. The first-order valence-corrected chi connectivity index (χ1v) is 8.44. The van der Waals surface area contributed by atoms with E-state index in [1.54, 1.807) is 14.2 Å². The molecule has 6 nitrogen and oxygen atoms in total. The molecule has 136 valence electrons. The van der Waals surface area contributed by atoms with Gasteiger partial charge in [-0.25, -0.2) is 0 Å². The maximum Gasteiger partial charge on any atom is 0.191 e. The summed E-state index contributed by atoms with van der Waals surface area (Å²) in [5, 5.41) is 6.53. The Balaban J connectivity index is 2.42. The molecular formula is C18H31N3O3. The highest BCUT2D eigenvalue weighted by Gasteiger charge is 2.05. The molecule has 0 atom stereocenters. The van der Waals surface area contributed by atoms with Crippen molar-refractivity contribution in [2.45, 2.75) is 26.8 Å². The van der Waals surface area contributed by atoms with Crippen molar-refractivity contribution < 1.29 is 14.2 Å². The lowest BCUT2D eigenvalue weighted by Gasteiger charge is -2.15. The molecule has 0 heterocycles. The molecule has 0 amide bonds. The maximum atomic E-state index is 5.84. The number of methoxy groups -OCH3 is 1. The van der Waals surface area contributed by atoms with Gasteiger partial charge in [-0.3, -0.25) is 4.99 Å². The first-order valence-electron chi connectivity index (χ1n) is 8.44. The van der Waals surface area contributed by atoms with Gasteiger partial charge in [0.1, 0.15) is 5.75 Å². The summed E-state index contributed by atoms with van der Waals surface area (Å²) >= 11 is 0. The van der Waals surface area contributed by atoms with Crippen molar-refractivity contribution in [3.63, 3.8) is 0 Å². The van der Waals surface area contributed by atoms with Gasteiger partial charge < -0.3 is 24.8 Å². The molecule has 0 unspecified atom stereocenters. The fourth-order valence-electron chi connectivity index (χ4n) is 2.04. The van der Waals surface area contributed by atoms with Crippen molar-refractivity contribution in [2.75, 3.05) is 47.1 Å². The summed E-state index contributed by atoms with van der Waals surface area (Å²) in [6, 6.07) is 6.26. The van der Waals surface area contributed by atoms with E-state index in [1.807, 2.05) is 0 Å². The van der Waals surface area contributed by atoms with Crippen molar-refractivity contribution in [3.8, 4) is 5.75 Å². The van der Waals surface area contributed by atoms with E-state index in [0.29, 0.717) is 32.9 Å². The van der Waals surface area contributed by atoms with Crippen molar-refractivity contribution in [3.05, 3.63) is 29.3 Å². The molecule has 0 aliphatic rings. The zero-order valence-corrected chi connectivity index (χ0v) is 15.4. The summed E-state index contributed by atoms with van der Waals surface area (Å²) < 4.78 is 16.2. The van der Waals surface area contributed by atoms with Crippen molar-refractivity contribution in [2.24, 2.45) is 4.99 Å². The van der Waals surface area contributed by atoms with Gasteiger partial charge >= 0.3 is 0 Å². The van der Waals surface area contributed by atoms with Crippen molar-refractivity contribution in [1.82, 2.24) is 10.6 Å². The molecule has 1 rings (SSSR count). The van der Waals surface area contributed by atoms with Gasteiger partial charge in [0.25, 0.3) is 0 Å². The third kappa shape index (κ3) is 8.17. The van der Waals surface area contributed by atoms with Gasteiger partial charge in [-0.15, -0.1) is 0 Å². The second kappa shape index (κ2) is 12.6. The Hall–Kier alpha value is -1.79. The van der Waals surface area contributed by atoms with Crippen LogP contribution in [-0.2, 0) is 16.0 Å². The Bertz CT molecular complexity index is 492. The Morgan fingerprint density at radius 2 is 1.96 bits per heavy atom. The molecule has 0 saturated carbocycles. The van der Waals surface area contributed by atoms with E-state index in [0.717, 1.165) is 30.3 Å². The molecule has 1 aromatic rings. The number of hydrogen-bond acceptors (Lipinski definition) is 4. The van der Waals surface area contributed by atoms with Crippen LogP contribution in [0.1, 0.15) is 24.5 Å². The number of nitrogens with zero attached hydrogens (tertiary/aromatic N) is 1. The van der Waals surface area contributed by atoms with Crippen LogP contribution in [0.5, 0.6) is 5.75 Å². The van der Waals surface area contributed by atoms with E-state index in [2.05, 4.69) is 47.7 Å². The van der Waals surface area contributed by atoms with Crippen LogP contribution in [0.15, 0.2) is 23.2 Å². The zero-order chi connectivity index (χ0) is 17.6. The minimum Gasteiger partial charge on any atom is -0.493 e. The predicted molar refractivity (Wildman–Crippen MR) is 97.9 cm³/mol. The van der Waals surface area contributed by atoms with Gasteiger partial charge in [0.15, 0.2) is 5.96 Å². The molecule has 24 heavy (non-hydrogen) atoms. The molecule has 1 aromatic carbocycles. The number of aliphatic imine (C=N–C) groups is 1. The highest BCUT2D eigenvalue weighted by molar-refractivity contribution is 5.79. The third-order valence-electron chi connectivity index (χ3n) is 3.32. The number of benzene rings is 1. The Morgan fingerprint density at radius 3 is 2.67 bits per heavy atom. The minimum absolute atomic E-state index is 0.603. The maximum absolute atomic E-state index is 5.84. The van der Waals surface area contributed by atoms with E-state index < -0.39 is 0 Å². The van der Waals surface area contributed by atoms with E-state index >= 15 is 0 Å². The van der Waals surface area contributed by atoms with Crippen LogP contribution in [0.25, 0.3) is 0 Å². The minimum atomic E-state index is 0.603. The van der Waals surface area contributed by atoms with Crippen LogP contribution in [0, 0.1) is 6.92 Å². The first kappa shape index (κ1) is 20.3. The van der Waals surface area contributed by atoms with Gasteiger partial charge in [-0.2, -0.15) is 0 Å². The van der Waals surface area contributed by atoms with Gasteiger partial charge in [0, 0.05) is 32.8 Å². The average molecular weight is 337 g/mol. The lowest BCUT2D eigenvalue weighted by molar-refractivity contribution is 0.0733. The molecular weight excluding hydrogens is 306 g/mol. The molecule has 2 N–H and O–H groups in total. The zero-order valence-electron chi connectivity index (χ0n) is 15.4. The van der Waals surface area contributed by atoms with Crippen LogP contribution in [0.4, 0.5) is 0 Å². The summed E-state index contributed by atoms with van der Waals surface area (Å²) in [7, 11) is 3.42. The largest absolute Gasteiger partial charge is 0.493 e. The molecule has 0 fully saturated rings. The van der Waals surface area contributed by atoms with E-state index in [-0.39, 0.29) is 0 Å². The molecule has 0 radical (unpaired) electrons. The number of ether oxygens (including phenoxy) is 3. The van der Waals surface area contributed by atoms with E-state index in [1.165, 1.54) is 5.56 Å². The molecule has 0 saturated heterocycles. The van der Waals surface area contributed by atoms with Gasteiger partial charge in [0.2, 0.25) is 0 Å². The summed E-state index contributed by atoms with van der Waals surface area (Å²) in [4.78, 5) is 4.22. The predicted octanol–water partition coefficient (Wildman–Crippen LogP) is 2.11. The van der Waals surface area contributed by atoms with Crippen LogP contribution in [0.2, 0.25) is 0 Å². The molecule has 0 spiro atoms.